The molecule has 0 spiro atoms. The van der Waals surface area contributed by atoms with Gasteiger partial charge in [-0.25, -0.2) is 4.98 Å². The van der Waals surface area contributed by atoms with Crippen LogP contribution in [0.4, 0.5) is 0 Å². The summed E-state index contributed by atoms with van der Waals surface area (Å²) in [6.07, 6.45) is 4.98. The molecule has 1 unspecified atom stereocenters. The van der Waals surface area contributed by atoms with Gasteiger partial charge < -0.3 is 19.4 Å². The topological polar surface area (TPSA) is 65.4 Å². The van der Waals surface area contributed by atoms with Crippen molar-refractivity contribution in [3.63, 3.8) is 0 Å². The monoisotopic (exact) mass is 329 g/mol. The third kappa shape index (κ3) is 3.69. The van der Waals surface area contributed by atoms with Gasteiger partial charge in [0.05, 0.1) is 6.04 Å². The highest BCUT2D eigenvalue weighted by Crippen LogP contribution is 2.32. The summed E-state index contributed by atoms with van der Waals surface area (Å²) in [5, 5.41) is 3.03. The van der Waals surface area contributed by atoms with Gasteiger partial charge in [0.1, 0.15) is 19.0 Å². The molecule has 2 aromatic rings. The standard InChI is InChI=1S/C18H23N3O3/c1-3-17-19-7-9-21(17)8-6-18(22)20-13(2)14-4-5-15-16(12-14)24-11-10-23-15/h4-5,7,9,12-13H,3,6,8,10-11H2,1-2H3,(H,20,22). The number of nitrogens with one attached hydrogen (secondary N) is 1. The molecule has 0 bridgehead atoms. The highest BCUT2D eigenvalue weighted by molar-refractivity contribution is 5.76. The number of rotatable bonds is 6. The van der Waals surface area contributed by atoms with Crippen molar-refractivity contribution in [2.24, 2.45) is 0 Å². The number of carbonyl (C=O) groups is 1. The molecule has 1 atom stereocenters. The summed E-state index contributed by atoms with van der Waals surface area (Å²) < 4.78 is 13.1. The summed E-state index contributed by atoms with van der Waals surface area (Å²) in [5.41, 5.74) is 1.00. The maximum Gasteiger partial charge on any atom is 0.222 e. The number of hydrogen-bond acceptors (Lipinski definition) is 4. The highest BCUT2D eigenvalue weighted by Gasteiger charge is 2.16. The number of amides is 1. The van der Waals surface area contributed by atoms with Crippen molar-refractivity contribution in [2.75, 3.05) is 13.2 Å². The van der Waals surface area contributed by atoms with E-state index in [-0.39, 0.29) is 11.9 Å². The SMILES string of the molecule is CCc1nccn1CCC(=O)NC(C)c1ccc2c(c1)OCCO2. The molecule has 0 fully saturated rings. The normalized spacial score (nSPS) is 14.2. The second kappa shape index (κ2) is 7.38. The van der Waals surface area contributed by atoms with E-state index in [1.165, 1.54) is 0 Å². The number of nitrogens with zero attached hydrogens (tertiary/aromatic N) is 2. The minimum atomic E-state index is -0.0817. The largest absolute Gasteiger partial charge is 0.486 e. The van der Waals surface area contributed by atoms with E-state index in [0.717, 1.165) is 29.3 Å². The number of imidazole rings is 1. The average molecular weight is 329 g/mol. The summed E-state index contributed by atoms with van der Waals surface area (Å²) in [6.45, 7) is 5.80. The van der Waals surface area contributed by atoms with Gasteiger partial charge in [0.25, 0.3) is 0 Å². The molecule has 0 radical (unpaired) electrons. The Balaban J connectivity index is 1.56. The molecule has 1 amide bonds. The van der Waals surface area contributed by atoms with Crippen molar-refractivity contribution in [3.05, 3.63) is 42.0 Å². The first kappa shape index (κ1) is 16.4. The number of aromatic nitrogens is 2. The molecule has 3 rings (SSSR count). The van der Waals surface area contributed by atoms with Crippen molar-refractivity contribution in [1.29, 1.82) is 0 Å². The van der Waals surface area contributed by atoms with E-state index in [1.807, 2.05) is 35.9 Å². The van der Waals surface area contributed by atoms with E-state index in [0.29, 0.717) is 26.2 Å². The van der Waals surface area contributed by atoms with E-state index >= 15 is 0 Å². The van der Waals surface area contributed by atoms with Gasteiger partial charge in [-0.05, 0) is 24.6 Å². The maximum atomic E-state index is 12.2. The van der Waals surface area contributed by atoms with E-state index in [4.69, 9.17) is 9.47 Å². The molecular weight excluding hydrogens is 306 g/mol. The summed E-state index contributed by atoms with van der Waals surface area (Å²) in [4.78, 5) is 16.5. The van der Waals surface area contributed by atoms with E-state index < -0.39 is 0 Å². The average Bonchev–Trinajstić information content (AvgIpc) is 3.07. The summed E-state index contributed by atoms with van der Waals surface area (Å²) in [6, 6.07) is 5.71. The van der Waals surface area contributed by atoms with Gasteiger partial charge in [0.2, 0.25) is 5.91 Å². The molecule has 0 saturated heterocycles. The fourth-order valence-electron chi connectivity index (χ4n) is 2.81. The van der Waals surface area contributed by atoms with Crippen LogP contribution in [0.15, 0.2) is 30.6 Å². The third-order valence-corrected chi connectivity index (χ3v) is 4.14. The molecule has 1 aliphatic heterocycles. The molecule has 1 N–H and O–H groups in total. The first-order chi connectivity index (χ1) is 11.7. The van der Waals surface area contributed by atoms with Crippen molar-refractivity contribution in [2.45, 2.75) is 39.3 Å². The van der Waals surface area contributed by atoms with Crippen molar-refractivity contribution < 1.29 is 14.3 Å². The van der Waals surface area contributed by atoms with Crippen LogP contribution in [-0.4, -0.2) is 28.7 Å². The van der Waals surface area contributed by atoms with Gasteiger partial charge in [0.15, 0.2) is 11.5 Å². The molecule has 128 valence electrons. The number of aryl methyl sites for hydroxylation is 2. The minimum absolute atomic E-state index is 0.0214. The van der Waals surface area contributed by atoms with Crippen LogP contribution in [0.1, 0.15) is 37.7 Å². The number of carbonyl (C=O) groups excluding carboxylic acids is 1. The van der Waals surface area contributed by atoms with Crippen LogP contribution in [0.25, 0.3) is 0 Å². The van der Waals surface area contributed by atoms with Crippen LogP contribution < -0.4 is 14.8 Å². The third-order valence-electron chi connectivity index (χ3n) is 4.14. The lowest BCUT2D eigenvalue weighted by Gasteiger charge is -2.21. The van der Waals surface area contributed by atoms with Crippen molar-refractivity contribution >= 4 is 5.91 Å². The Labute approximate surface area is 141 Å². The van der Waals surface area contributed by atoms with Crippen LogP contribution in [-0.2, 0) is 17.8 Å². The van der Waals surface area contributed by atoms with Crippen molar-refractivity contribution in [1.82, 2.24) is 14.9 Å². The number of fused-ring (bicyclic) bond motifs is 1. The van der Waals surface area contributed by atoms with Crippen molar-refractivity contribution in [3.8, 4) is 11.5 Å². The number of hydrogen-bond donors (Lipinski definition) is 1. The number of ether oxygens (including phenoxy) is 2. The van der Waals surface area contributed by atoms with Gasteiger partial charge in [-0.3, -0.25) is 4.79 Å². The van der Waals surface area contributed by atoms with Gasteiger partial charge in [-0.1, -0.05) is 13.0 Å². The molecular formula is C18H23N3O3. The summed E-state index contributed by atoms with van der Waals surface area (Å²) in [5.74, 6) is 2.53. The summed E-state index contributed by atoms with van der Waals surface area (Å²) >= 11 is 0. The first-order valence-corrected chi connectivity index (χ1v) is 8.36. The lowest BCUT2D eigenvalue weighted by Crippen LogP contribution is -2.27. The Hall–Kier alpha value is -2.50. The predicted octanol–water partition coefficient (Wildman–Crippen LogP) is 2.48. The Morgan fingerprint density at radius 1 is 1.33 bits per heavy atom. The maximum absolute atomic E-state index is 12.2. The Morgan fingerprint density at radius 3 is 2.92 bits per heavy atom. The molecule has 1 aliphatic rings. The van der Waals surface area contributed by atoms with Crippen LogP contribution in [0, 0.1) is 0 Å². The quantitative estimate of drug-likeness (QED) is 0.884. The Bertz CT molecular complexity index is 711. The van der Waals surface area contributed by atoms with Gasteiger partial charge >= 0.3 is 0 Å². The van der Waals surface area contributed by atoms with Crippen LogP contribution in [0.5, 0.6) is 11.5 Å². The molecule has 24 heavy (non-hydrogen) atoms. The molecule has 2 heterocycles. The van der Waals surface area contributed by atoms with E-state index in [2.05, 4.69) is 17.2 Å². The zero-order valence-corrected chi connectivity index (χ0v) is 14.1. The van der Waals surface area contributed by atoms with Gasteiger partial charge in [-0.2, -0.15) is 0 Å². The van der Waals surface area contributed by atoms with Gasteiger partial charge in [-0.15, -0.1) is 0 Å². The minimum Gasteiger partial charge on any atom is -0.486 e. The molecule has 6 nitrogen and oxygen atoms in total. The zero-order valence-electron chi connectivity index (χ0n) is 14.1. The van der Waals surface area contributed by atoms with Crippen LogP contribution >= 0.6 is 0 Å². The Kier molecular flexibility index (Phi) is 5.03. The molecule has 1 aromatic heterocycles. The predicted molar refractivity (Wildman–Crippen MR) is 90.2 cm³/mol. The molecule has 0 aliphatic carbocycles. The highest BCUT2D eigenvalue weighted by atomic mass is 16.6. The van der Waals surface area contributed by atoms with Gasteiger partial charge in [0, 0.05) is 31.8 Å². The lowest BCUT2D eigenvalue weighted by atomic mass is 10.1. The molecule has 0 saturated carbocycles. The Morgan fingerprint density at radius 2 is 2.12 bits per heavy atom. The zero-order chi connectivity index (χ0) is 16.9. The van der Waals surface area contributed by atoms with E-state index in [1.54, 1.807) is 6.20 Å². The molecule has 6 heteroatoms. The van der Waals surface area contributed by atoms with E-state index in [9.17, 15) is 4.79 Å². The second-order valence-electron chi connectivity index (χ2n) is 5.83. The molecule has 1 aromatic carbocycles. The fourth-order valence-corrected chi connectivity index (χ4v) is 2.81. The lowest BCUT2D eigenvalue weighted by molar-refractivity contribution is -0.121. The smallest absolute Gasteiger partial charge is 0.222 e. The second-order valence-corrected chi connectivity index (χ2v) is 5.83. The summed E-state index contributed by atoms with van der Waals surface area (Å²) in [7, 11) is 0. The first-order valence-electron chi connectivity index (χ1n) is 8.36. The number of benzene rings is 1. The fraction of sp³-hybridized carbons (Fsp3) is 0.444. The van der Waals surface area contributed by atoms with Crippen LogP contribution in [0.2, 0.25) is 0 Å². The van der Waals surface area contributed by atoms with Crippen LogP contribution in [0.3, 0.4) is 0 Å².